The van der Waals surface area contributed by atoms with Crippen LogP contribution in [0.2, 0.25) is 0 Å². The van der Waals surface area contributed by atoms with Crippen molar-refractivity contribution in [1.82, 2.24) is 5.32 Å². The van der Waals surface area contributed by atoms with Gasteiger partial charge in [0, 0.05) is 0 Å². The Hall–Kier alpha value is -3.08. The molecule has 0 fully saturated rings. The number of carbonyl (C=O) groups is 2. The molecule has 1 atom stereocenters. The fraction of sp³-hybridized carbons (Fsp3) is 0.158. The van der Waals surface area contributed by atoms with E-state index < -0.39 is 12.1 Å². The molecule has 3 rings (SSSR count). The first-order valence-corrected chi connectivity index (χ1v) is 7.64. The summed E-state index contributed by atoms with van der Waals surface area (Å²) in [4.78, 5) is 24.4. The molecule has 0 aliphatic rings. The molecule has 0 aliphatic heterocycles. The number of hydrogen-bond donors (Lipinski definition) is 1. The fourth-order valence-electron chi connectivity index (χ4n) is 2.41. The number of rotatable bonds is 5. The summed E-state index contributed by atoms with van der Waals surface area (Å²) in [5, 5.41) is 4.41. The second-order valence-electron chi connectivity index (χ2n) is 5.37. The number of ether oxygens (including phenoxy) is 1. The van der Waals surface area contributed by atoms with Gasteiger partial charge in [-0.15, -0.1) is 0 Å². The molecule has 1 heterocycles. The average molecular weight is 323 g/mol. The molecule has 5 heteroatoms. The van der Waals surface area contributed by atoms with Crippen LogP contribution in [0.1, 0.15) is 23.0 Å². The first-order chi connectivity index (χ1) is 11.6. The third-order valence-electron chi connectivity index (χ3n) is 3.68. The lowest BCUT2D eigenvalue weighted by atomic mass is 10.0. The number of carbonyl (C=O) groups excluding carboxylic acids is 2. The zero-order valence-corrected chi connectivity index (χ0v) is 13.2. The molecular formula is C19H17NO4. The van der Waals surface area contributed by atoms with Crippen LogP contribution in [0.4, 0.5) is 0 Å². The Morgan fingerprint density at radius 2 is 1.88 bits per heavy atom. The number of amides is 1. The largest absolute Gasteiger partial charge is 0.467 e. The maximum atomic E-state index is 12.4. The maximum absolute atomic E-state index is 12.4. The summed E-state index contributed by atoms with van der Waals surface area (Å²) < 4.78 is 10.4. The summed E-state index contributed by atoms with van der Waals surface area (Å²) in [7, 11) is 0. The van der Waals surface area contributed by atoms with Gasteiger partial charge < -0.3 is 14.5 Å². The minimum absolute atomic E-state index is 0.252. The van der Waals surface area contributed by atoms with E-state index in [0.717, 1.165) is 10.8 Å². The molecule has 5 nitrogen and oxygen atoms in total. The minimum atomic E-state index is -0.897. The van der Waals surface area contributed by atoms with Gasteiger partial charge in [-0.25, -0.2) is 4.79 Å². The van der Waals surface area contributed by atoms with Crippen LogP contribution in [0, 0.1) is 0 Å². The molecule has 0 spiro atoms. The number of hydrogen-bond acceptors (Lipinski definition) is 4. The zero-order valence-electron chi connectivity index (χ0n) is 13.2. The van der Waals surface area contributed by atoms with Crippen molar-refractivity contribution in [2.45, 2.75) is 19.6 Å². The SMILES string of the molecule is C[C@@H](OC(=O)c1cccc2ccccc12)C(=O)NCc1ccco1. The Kier molecular flexibility index (Phi) is 4.61. The van der Waals surface area contributed by atoms with Crippen molar-refractivity contribution in [1.29, 1.82) is 0 Å². The van der Waals surface area contributed by atoms with Gasteiger partial charge in [0.05, 0.1) is 18.4 Å². The van der Waals surface area contributed by atoms with Crippen LogP contribution in [-0.4, -0.2) is 18.0 Å². The number of furan rings is 1. The van der Waals surface area contributed by atoms with E-state index in [2.05, 4.69) is 5.32 Å². The van der Waals surface area contributed by atoms with Crippen LogP contribution < -0.4 is 5.32 Å². The predicted octanol–water partition coefficient (Wildman–Crippen LogP) is 3.29. The molecule has 0 radical (unpaired) electrons. The van der Waals surface area contributed by atoms with Gasteiger partial charge in [-0.2, -0.15) is 0 Å². The van der Waals surface area contributed by atoms with E-state index in [4.69, 9.17) is 9.15 Å². The van der Waals surface area contributed by atoms with Crippen LogP contribution in [0.3, 0.4) is 0 Å². The van der Waals surface area contributed by atoms with Crippen molar-refractivity contribution in [3.8, 4) is 0 Å². The summed E-state index contributed by atoms with van der Waals surface area (Å²) in [5.41, 5.74) is 0.443. The topological polar surface area (TPSA) is 68.5 Å². The second kappa shape index (κ2) is 7.00. The second-order valence-corrected chi connectivity index (χ2v) is 5.37. The highest BCUT2D eigenvalue weighted by Gasteiger charge is 2.20. The molecule has 0 saturated carbocycles. The summed E-state index contributed by atoms with van der Waals surface area (Å²) in [5.74, 6) is -0.261. The third-order valence-corrected chi connectivity index (χ3v) is 3.68. The fourth-order valence-corrected chi connectivity index (χ4v) is 2.41. The number of nitrogens with one attached hydrogen (secondary N) is 1. The Balaban J connectivity index is 1.66. The van der Waals surface area contributed by atoms with E-state index in [0.29, 0.717) is 11.3 Å². The van der Waals surface area contributed by atoms with Crippen molar-refractivity contribution < 1.29 is 18.7 Å². The van der Waals surface area contributed by atoms with Gasteiger partial charge in [0.2, 0.25) is 0 Å². The molecular weight excluding hydrogens is 306 g/mol. The molecule has 1 aromatic heterocycles. The Morgan fingerprint density at radius 1 is 1.08 bits per heavy atom. The lowest BCUT2D eigenvalue weighted by molar-refractivity contribution is -0.129. The molecule has 3 aromatic rings. The van der Waals surface area contributed by atoms with Gasteiger partial charge in [0.1, 0.15) is 5.76 Å². The first-order valence-electron chi connectivity index (χ1n) is 7.64. The average Bonchev–Trinajstić information content (AvgIpc) is 3.12. The van der Waals surface area contributed by atoms with Crippen molar-refractivity contribution in [3.05, 3.63) is 72.2 Å². The molecule has 1 N–H and O–H groups in total. The summed E-state index contributed by atoms with van der Waals surface area (Å²) >= 11 is 0. The van der Waals surface area contributed by atoms with Crippen LogP contribution >= 0.6 is 0 Å². The molecule has 0 aliphatic carbocycles. The van der Waals surface area contributed by atoms with Crippen LogP contribution in [0.15, 0.2) is 65.3 Å². The van der Waals surface area contributed by atoms with Gasteiger partial charge in [-0.05, 0) is 35.9 Å². The number of esters is 1. The lowest BCUT2D eigenvalue weighted by Gasteiger charge is -2.14. The van der Waals surface area contributed by atoms with Gasteiger partial charge in [-0.3, -0.25) is 4.79 Å². The molecule has 1 amide bonds. The van der Waals surface area contributed by atoms with Crippen LogP contribution in [-0.2, 0) is 16.1 Å². The summed E-state index contributed by atoms with van der Waals surface area (Å²) in [6, 6.07) is 16.4. The van der Waals surface area contributed by atoms with Crippen LogP contribution in [0.5, 0.6) is 0 Å². The number of fused-ring (bicyclic) bond motifs is 1. The molecule has 24 heavy (non-hydrogen) atoms. The van der Waals surface area contributed by atoms with Crippen molar-refractivity contribution in [2.24, 2.45) is 0 Å². The van der Waals surface area contributed by atoms with Crippen molar-refractivity contribution >= 4 is 22.6 Å². The first kappa shape index (κ1) is 15.8. The molecule has 2 aromatic carbocycles. The maximum Gasteiger partial charge on any atom is 0.339 e. The van der Waals surface area contributed by atoms with E-state index in [9.17, 15) is 9.59 Å². The third kappa shape index (κ3) is 3.46. The van der Waals surface area contributed by atoms with Crippen molar-refractivity contribution in [2.75, 3.05) is 0 Å². The monoisotopic (exact) mass is 323 g/mol. The molecule has 0 unspecified atom stereocenters. The Labute approximate surface area is 139 Å². The highest BCUT2D eigenvalue weighted by atomic mass is 16.5. The zero-order chi connectivity index (χ0) is 16.9. The number of benzene rings is 2. The molecule has 0 bridgehead atoms. The van der Waals surface area contributed by atoms with Gasteiger partial charge in [0.15, 0.2) is 6.10 Å². The van der Waals surface area contributed by atoms with Gasteiger partial charge in [-0.1, -0.05) is 36.4 Å². The Morgan fingerprint density at radius 3 is 2.67 bits per heavy atom. The van der Waals surface area contributed by atoms with E-state index in [1.54, 1.807) is 31.2 Å². The van der Waals surface area contributed by atoms with Crippen molar-refractivity contribution in [3.63, 3.8) is 0 Å². The van der Waals surface area contributed by atoms with Gasteiger partial charge in [0.25, 0.3) is 5.91 Å². The molecule has 122 valence electrons. The van der Waals surface area contributed by atoms with E-state index in [1.165, 1.54) is 6.26 Å². The highest BCUT2D eigenvalue weighted by molar-refractivity contribution is 6.05. The minimum Gasteiger partial charge on any atom is -0.467 e. The van der Waals surface area contributed by atoms with E-state index in [1.807, 2.05) is 30.3 Å². The normalized spacial score (nSPS) is 11.9. The Bertz CT molecular complexity index is 849. The quantitative estimate of drug-likeness (QED) is 0.732. The van der Waals surface area contributed by atoms with E-state index in [-0.39, 0.29) is 12.5 Å². The summed E-state index contributed by atoms with van der Waals surface area (Å²) in [6.07, 6.45) is 0.636. The summed E-state index contributed by atoms with van der Waals surface area (Å²) in [6.45, 7) is 1.79. The van der Waals surface area contributed by atoms with Gasteiger partial charge >= 0.3 is 5.97 Å². The highest BCUT2D eigenvalue weighted by Crippen LogP contribution is 2.19. The van der Waals surface area contributed by atoms with E-state index >= 15 is 0 Å². The lowest BCUT2D eigenvalue weighted by Crippen LogP contribution is -2.35. The van der Waals surface area contributed by atoms with Crippen LogP contribution in [0.25, 0.3) is 10.8 Å². The predicted molar refractivity (Wildman–Crippen MR) is 89.4 cm³/mol. The molecule has 0 saturated heterocycles. The smallest absolute Gasteiger partial charge is 0.339 e. The standard InChI is InChI=1S/C19H17NO4/c1-13(18(21)20-12-15-8-5-11-23-15)24-19(22)17-10-4-7-14-6-2-3-9-16(14)17/h2-11,13H,12H2,1H3,(H,20,21)/t13-/m1/s1.